The van der Waals surface area contributed by atoms with E-state index in [1.807, 2.05) is 0 Å². The standard InChI is InChI=1S/C11H11NO2/c1-3-4-9(12)8-5-7(2)6-10(13)11(8)14/h1,5-6,9,13H,2,4,12H2/t9-/m0/s1. The van der Waals surface area contributed by atoms with Crippen LogP contribution in [0.4, 0.5) is 0 Å². The summed E-state index contributed by atoms with van der Waals surface area (Å²) in [5.74, 6) is 1.56. The van der Waals surface area contributed by atoms with Gasteiger partial charge in [0.15, 0.2) is 5.76 Å². The van der Waals surface area contributed by atoms with Crippen molar-refractivity contribution in [1.82, 2.24) is 0 Å². The highest BCUT2D eigenvalue weighted by Gasteiger charge is 2.23. The predicted octanol–water partition coefficient (Wildman–Crippen LogP) is 0.844. The number of nitrogens with two attached hydrogens (primary N) is 1. The highest BCUT2D eigenvalue weighted by Crippen LogP contribution is 2.19. The van der Waals surface area contributed by atoms with Gasteiger partial charge in [0.1, 0.15) is 0 Å². The van der Waals surface area contributed by atoms with Crippen LogP contribution in [0.1, 0.15) is 6.42 Å². The SMILES string of the molecule is C#CC[C@H](N)C1=CC(=C)C=C(O)C1=O. The molecule has 0 aliphatic heterocycles. The second-order valence-corrected chi connectivity index (χ2v) is 3.05. The Balaban J connectivity index is 2.95. The lowest BCUT2D eigenvalue weighted by atomic mass is 9.93. The quantitative estimate of drug-likeness (QED) is 0.633. The molecule has 1 rings (SSSR count). The lowest BCUT2D eigenvalue weighted by Crippen LogP contribution is -2.29. The average molecular weight is 189 g/mol. The van der Waals surface area contributed by atoms with Crippen molar-refractivity contribution in [1.29, 1.82) is 0 Å². The van der Waals surface area contributed by atoms with Gasteiger partial charge in [-0.15, -0.1) is 12.3 Å². The molecule has 1 atom stereocenters. The molecule has 0 amide bonds. The molecular weight excluding hydrogens is 178 g/mol. The zero-order valence-corrected chi connectivity index (χ0v) is 7.66. The highest BCUT2D eigenvalue weighted by molar-refractivity contribution is 6.09. The van der Waals surface area contributed by atoms with E-state index in [4.69, 9.17) is 12.2 Å². The summed E-state index contributed by atoms with van der Waals surface area (Å²) in [6, 6.07) is -0.542. The molecular formula is C11H11NO2. The van der Waals surface area contributed by atoms with Gasteiger partial charge in [0, 0.05) is 18.0 Å². The second-order valence-electron chi connectivity index (χ2n) is 3.05. The van der Waals surface area contributed by atoms with Crippen molar-refractivity contribution < 1.29 is 9.90 Å². The van der Waals surface area contributed by atoms with Crippen LogP contribution in [0.2, 0.25) is 0 Å². The fourth-order valence-corrected chi connectivity index (χ4v) is 1.21. The molecule has 0 bridgehead atoms. The lowest BCUT2D eigenvalue weighted by Gasteiger charge is -2.15. The first-order valence-electron chi connectivity index (χ1n) is 4.11. The summed E-state index contributed by atoms with van der Waals surface area (Å²) in [6.07, 6.45) is 8.19. The van der Waals surface area contributed by atoms with Gasteiger partial charge in [-0.05, 0) is 17.7 Å². The van der Waals surface area contributed by atoms with Crippen LogP contribution in [0, 0.1) is 12.3 Å². The minimum Gasteiger partial charge on any atom is -0.504 e. The van der Waals surface area contributed by atoms with E-state index < -0.39 is 11.8 Å². The van der Waals surface area contributed by atoms with Crippen molar-refractivity contribution in [2.24, 2.45) is 5.73 Å². The number of hydrogen-bond donors (Lipinski definition) is 2. The summed E-state index contributed by atoms with van der Waals surface area (Å²) in [7, 11) is 0. The molecule has 0 spiro atoms. The zero-order chi connectivity index (χ0) is 10.7. The first-order valence-corrected chi connectivity index (χ1v) is 4.11. The third-order valence-corrected chi connectivity index (χ3v) is 1.90. The Labute approximate surface area is 82.6 Å². The van der Waals surface area contributed by atoms with E-state index in [9.17, 15) is 9.90 Å². The molecule has 0 aromatic carbocycles. The Morgan fingerprint density at radius 2 is 2.29 bits per heavy atom. The van der Waals surface area contributed by atoms with E-state index in [0.717, 1.165) is 0 Å². The van der Waals surface area contributed by atoms with Gasteiger partial charge in [0.05, 0.1) is 0 Å². The fraction of sp³-hybridized carbons (Fsp3) is 0.182. The van der Waals surface area contributed by atoms with E-state index in [2.05, 4.69) is 12.5 Å². The Kier molecular flexibility index (Phi) is 2.90. The summed E-state index contributed by atoms with van der Waals surface area (Å²) in [5.41, 5.74) is 6.52. The van der Waals surface area contributed by atoms with Gasteiger partial charge in [-0.1, -0.05) is 6.58 Å². The Morgan fingerprint density at radius 1 is 1.64 bits per heavy atom. The van der Waals surface area contributed by atoms with Gasteiger partial charge in [-0.3, -0.25) is 4.79 Å². The van der Waals surface area contributed by atoms with E-state index in [-0.39, 0.29) is 12.2 Å². The van der Waals surface area contributed by atoms with Gasteiger partial charge in [0.25, 0.3) is 0 Å². The minimum atomic E-state index is -0.542. The zero-order valence-electron chi connectivity index (χ0n) is 7.66. The summed E-state index contributed by atoms with van der Waals surface area (Å²) >= 11 is 0. The average Bonchev–Trinajstić information content (AvgIpc) is 2.11. The summed E-state index contributed by atoms with van der Waals surface area (Å²) in [5, 5.41) is 9.24. The minimum absolute atomic E-state index is 0.262. The molecule has 3 N–H and O–H groups in total. The number of carbonyl (C=O) groups excluding carboxylic acids is 1. The maximum Gasteiger partial charge on any atom is 0.224 e. The van der Waals surface area contributed by atoms with Crippen LogP contribution in [0.5, 0.6) is 0 Å². The van der Waals surface area contributed by atoms with Gasteiger partial charge in [-0.25, -0.2) is 0 Å². The molecule has 0 saturated heterocycles. The van der Waals surface area contributed by atoms with Crippen molar-refractivity contribution in [2.75, 3.05) is 0 Å². The number of aliphatic hydroxyl groups is 1. The topological polar surface area (TPSA) is 63.3 Å². The number of hydrogen-bond acceptors (Lipinski definition) is 3. The maximum absolute atomic E-state index is 11.4. The number of rotatable bonds is 2. The Bertz CT molecular complexity index is 383. The van der Waals surface area contributed by atoms with Crippen molar-refractivity contribution in [3.05, 3.63) is 35.6 Å². The first-order chi connectivity index (χ1) is 6.56. The fourth-order valence-electron chi connectivity index (χ4n) is 1.21. The predicted molar refractivity (Wildman–Crippen MR) is 54.4 cm³/mol. The van der Waals surface area contributed by atoms with E-state index in [0.29, 0.717) is 11.1 Å². The summed E-state index contributed by atoms with van der Waals surface area (Å²) < 4.78 is 0. The molecule has 3 heteroatoms. The van der Waals surface area contributed by atoms with Gasteiger partial charge < -0.3 is 10.8 Å². The van der Waals surface area contributed by atoms with E-state index in [1.54, 1.807) is 6.08 Å². The Hall–Kier alpha value is -1.79. The van der Waals surface area contributed by atoms with E-state index >= 15 is 0 Å². The van der Waals surface area contributed by atoms with Crippen LogP contribution < -0.4 is 5.73 Å². The van der Waals surface area contributed by atoms with Crippen LogP contribution in [-0.4, -0.2) is 16.9 Å². The van der Waals surface area contributed by atoms with Crippen LogP contribution in [0.15, 0.2) is 35.6 Å². The number of Topliss-reactive ketones (excluding diaryl/α,β-unsaturated/α-hetero) is 1. The molecule has 14 heavy (non-hydrogen) atoms. The first kappa shape index (κ1) is 10.3. The molecule has 72 valence electrons. The molecule has 1 aliphatic carbocycles. The Morgan fingerprint density at radius 3 is 2.86 bits per heavy atom. The third kappa shape index (κ3) is 1.93. The molecule has 1 aliphatic rings. The normalized spacial score (nSPS) is 18.3. The van der Waals surface area contributed by atoms with Crippen molar-refractivity contribution in [3.8, 4) is 12.3 Å². The maximum atomic E-state index is 11.4. The van der Waals surface area contributed by atoms with Gasteiger partial charge in [0.2, 0.25) is 5.78 Å². The molecule has 0 fully saturated rings. The van der Waals surface area contributed by atoms with Crippen LogP contribution >= 0.6 is 0 Å². The molecule has 0 unspecified atom stereocenters. The molecule has 0 aromatic rings. The van der Waals surface area contributed by atoms with Gasteiger partial charge >= 0.3 is 0 Å². The third-order valence-electron chi connectivity index (χ3n) is 1.90. The van der Waals surface area contributed by atoms with Crippen molar-refractivity contribution >= 4 is 5.78 Å². The van der Waals surface area contributed by atoms with Crippen molar-refractivity contribution in [3.63, 3.8) is 0 Å². The highest BCUT2D eigenvalue weighted by atomic mass is 16.3. The monoisotopic (exact) mass is 189 g/mol. The summed E-state index contributed by atoms with van der Waals surface area (Å²) in [6.45, 7) is 3.62. The van der Waals surface area contributed by atoms with Crippen LogP contribution in [0.25, 0.3) is 0 Å². The second kappa shape index (κ2) is 3.95. The number of allylic oxidation sites excluding steroid dienone is 4. The molecule has 3 nitrogen and oxygen atoms in total. The number of ketones is 1. The van der Waals surface area contributed by atoms with Crippen LogP contribution in [0.3, 0.4) is 0 Å². The summed E-state index contributed by atoms with van der Waals surface area (Å²) in [4.78, 5) is 11.4. The molecule has 0 heterocycles. The number of terminal acetylenes is 1. The van der Waals surface area contributed by atoms with E-state index in [1.165, 1.54) is 6.08 Å². The largest absolute Gasteiger partial charge is 0.504 e. The van der Waals surface area contributed by atoms with Crippen molar-refractivity contribution in [2.45, 2.75) is 12.5 Å². The van der Waals surface area contributed by atoms with Gasteiger partial charge in [-0.2, -0.15) is 0 Å². The number of aliphatic hydroxyl groups excluding tert-OH is 1. The van der Waals surface area contributed by atoms with Crippen LogP contribution in [-0.2, 0) is 4.79 Å². The molecule has 0 aromatic heterocycles. The molecule has 0 saturated carbocycles. The lowest BCUT2D eigenvalue weighted by molar-refractivity contribution is -0.114. The molecule has 0 radical (unpaired) electrons. The number of carbonyl (C=O) groups is 1. The smallest absolute Gasteiger partial charge is 0.224 e.